The summed E-state index contributed by atoms with van der Waals surface area (Å²) in [4.78, 5) is 12.9. The number of phosphoric ester groups is 1. The van der Waals surface area contributed by atoms with Crippen LogP contribution >= 0.6 is 7.82 Å². The molecule has 45 heavy (non-hydrogen) atoms. The van der Waals surface area contributed by atoms with Crippen LogP contribution in [-0.2, 0) is 32.9 Å². The molecule has 3 N–H and O–H groups in total. The van der Waals surface area contributed by atoms with Gasteiger partial charge >= 0.3 is 59.1 Å². The van der Waals surface area contributed by atoms with Crippen molar-refractivity contribution in [1.82, 2.24) is 0 Å². The number of fused-ring (bicyclic) bond motifs is 7. The molecule has 0 spiro atoms. The zero-order valence-corrected chi connectivity index (χ0v) is 33.8. The van der Waals surface area contributed by atoms with Gasteiger partial charge in [-0.05, 0) is 84.4 Å². The van der Waals surface area contributed by atoms with E-state index in [4.69, 9.17) is 13.8 Å². The summed E-state index contributed by atoms with van der Waals surface area (Å²) in [6, 6.07) is 0. The van der Waals surface area contributed by atoms with Crippen LogP contribution in [0.25, 0.3) is 0 Å². The number of aliphatic hydroxyl groups excluding tert-OH is 3. The molecule has 9 unspecified atom stereocenters. The fourth-order valence-corrected chi connectivity index (χ4v) is 11.8. The van der Waals surface area contributed by atoms with E-state index in [9.17, 15) is 37.7 Å². The summed E-state index contributed by atoms with van der Waals surface area (Å²) in [5.41, 5.74) is -1.26. The van der Waals surface area contributed by atoms with Crippen molar-refractivity contribution in [1.29, 1.82) is 0 Å². The molecule has 5 aliphatic rings. The standard InChI is InChI=1S/C29H51O12PS.2Na/c1-13(2)15(4)18-12-14(3)20-26(39-18)27(40-42(33,34)38-7)21-19-16(8-10-29(20,21)6)28(5)11-9-17(41-43(35,36)37)23(30)22(28)25(32)24(19)31;;/h13-27,30-32H,8-12H2,1-7H3,(H,33,34)(H,35,36,37);;/q;2*+1/p-2/t14?,15-,16?,17?,18?,19+,20?,21?,22?,23-,24+,25-,26?,27-,28+,29+;;/m0../s1. The van der Waals surface area contributed by atoms with Crippen molar-refractivity contribution in [3.05, 3.63) is 0 Å². The van der Waals surface area contributed by atoms with Crippen LogP contribution in [0.4, 0.5) is 0 Å². The first-order valence-electron chi connectivity index (χ1n) is 15.7. The van der Waals surface area contributed by atoms with E-state index in [2.05, 4.69) is 38.8 Å². The molecule has 0 aromatic carbocycles. The van der Waals surface area contributed by atoms with Crippen molar-refractivity contribution in [2.75, 3.05) is 7.11 Å². The van der Waals surface area contributed by atoms with Gasteiger partial charge in [0.25, 0.3) is 7.82 Å². The summed E-state index contributed by atoms with van der Waals surface area (Å²) < 4.78 is 69.1. The molecule has 4 aliphatic carbocycles. The Bertz CT molecular complexity index is 1210. The second kappa shape index (κ2) is 14.4. The third-order valence-corrected chi connectivity index (χ3v) is 14.2. The third-order valence-electron chi connectivity index (χ3n) is 12.8. The Morgan fingerprint density at radius 2 is 1.56 bits per heavy atom. The molecule has 1 aliphatic heterocycles. The third kappa shape index (κ3) is 7.16. The summed E-state index contributed by atoms with van der Waals surface area (Å²) in [7, 11) is -8.80. The number of rotatable bonds is 7. The second-order valence-corrected chi connectivity index (χ2v) is 17.5. The zero-order valence-electron chi connectivity index (χ0n) is 28.1. The molecule has 5 fully saturated rings. The Morgan fingerprint density at radius 1 is 0.956 bits per heavy atom. The molecule has 1 heterocycles. The van der Waals surface area contributed by atoms with E-state index in [0.717, 1.165) is 13.5 Å². The van der Waals surface area contributed by atoms with Crippen molar-refractivity contribution in [3.8, 4) is 0 Å². The molecule has 0 aromatic heterocycles. The van der Waals surface area contributed by atoms with Gasteiger partial charge in [-0.3, -0.25) is 8.75 Å². The van der Waals surface area contributed by atoms with Gasteiger partial charge in [-0.2, -0.15) is 0 Å². The van der Waals surface area contributed by atoms with Crippen molar-refractivity contribution in [3.63, 3.8) is 0 Å². The van der Waals surface area contributed by atoms with E-state index < -0.39 is 83.4 Å². The van der Waals surface area contributed by atoms with Crippen LogP contribution in [0, 0.1) is 58.2 Å². The van der Waals surface area contributed by atoms with E-state index in [1.807, 2.05) is 6.92 Å². The summed E-state index contributed by atoms with van der Waals surface area (Å²) in [5.74, 6) is -1.70. The van der Waals surface area contributed by atoms with Crippen molar-refractivity contribution < 1.29 is 115 Å². The van der Waals surface area contributed by atoms with E-state index in [1.54, 1.807) is 0 Å². The molecule has 0 bridgehead atoms. The van der Waals surface area contributed by atoms with E-state index >= 15 is 0 Å². The minimum absolute atomic E-state index is 0. The molecule has 16 heteroatoms. The van der Waals surface area contributed by atoms with Crippen LogP contribution in [-0.4, -0.2) is 78.1 Å². The van der Waals surface area contributed by atoms with Crippen LogP contribution < -0.4 is 64.0 Å². The predicted molar refractivity (Wildman–Crippen MR) is 151 cm³/mol. The number of hydrogen-bond acceptors (Lipinski definition) is 12. The molecule has 17 atom stereocenters. The fraction of sp³-hybridized carbons (Fsp3) is 1.00. The van der Waals surface area contributed by atoms with Crippen LogP contribution in [0.5, 0.6) is 0 Å². The van der Waals surface area contributed by atoms with Gasteiger partial charge in [-0.1, -0.05) is 41.5 Å². The Hall–Kier alpha value is 1.82. The van der Waals surface area contributed by atoms with Gasteiger partial charge in [0.2, 0.25) is 10.4 Å². The monoisotopic (exact) mass is 698 g/mol. The number of ether oxygens (including phenoxy) is 1. The molecule has 0 radical (unpaired) electrons. The summed E-state index contributed by atoms with van der Waals surface area (Å²) in [6.07, 6.45) is -4.81. The Morgan fingerprint density at radius 3 is 2.11 bits per heavy atom. The van der Waals surface area contributed by atoms with Crippen LogP contribution in [0.3, 0.4) is 0 Å². The largest absolute Gasteiger partial charge is 1.00 e. The Balaban J connectivity index is 0.00000276. The number of hydrogen-bond donors (Lipinski definition) is 3. The molecule has 1 saturated heterocycles. The topological polar surface area (TPSA) is 195 Å². The summed E-state index contributed by atoms with van der Waals surface area (Å²) in [6.45, 7) is 12.6. The second-order valence-electron chi connectivity index (χ2n) is 15.0. The van der Waals surface area contributed by atoms with Gasteiger partial charge in [-0.15, -0.1) is 0 Å². The van der Waals surface area contributed by atoms with Crippen molar-refractivity contribution in [2.24, 2.45) is 58.2 Å². The molecule has 4 saturated carbocycles. The zero-order chi connectivity index (χ0) is 32.0. The summed E-state index contributed by atoms with van der Waals surface area (Å²) >= 11 is 0. The van der Waals surface area contributed by atoms with Crippen molar-refractivity contribution >= 4 is 18.2 Å². The maximum absolute atomic E-state index is 12.9. The quantitative estimate of drug-likeness (QED) is 0.102. The van der Waals surface area contributed by atoms with E-state index in [1.165, 1.54) is 0 Å². The summed E-state index contributed by atoms with van der Waals surface area (Å²) in [5, 5.41) is 34.7. The normalized spacial score (nSPS) is 49.7. The van der Waals surface area contributed by atoms with Gasteiger partial charge in [-0.25, -0.2) is 8.42 Å². The molecule has 5 rings (SSSR count). The van der Waals surface area contributed by atoms with Crippen LogP contribution in [0.1, 0.15) is 73.6 Å². The Labute approximate surface area is 312 Å². The predicted octanol–water partition coefficient (Wildman–Crippen LogP) is -3.78. The average molecular weight is 699 g/mol. The van der Waals surface area contributed by atoms with E-state index in [0.29, 0.717) is 25.2 Å². The number of phosphoric acid groups is 1. The molecule has 250 valence electrons. The molecular weight excluding hydrogens is 649 g/mol. The molecule has 12 nitrogen and oxygen atoms in total. The SMILES string of the molecule is COP(=O)([O-])O[C@@H]1C2OC([C@@H](C)C(C)C)CC(C)C2[C@@]2(C)CCC3[C@H](C12)[C@@H](O)[C@@H](O)C1[C@@H](O)C(OS(=O)(=O)[O-])CC[C@]31C.[Na+].[Na+]. The maximum Gasteiger partial charge on any atom is 1.00 e. The Kier molecular flexibility index (Phi) is 13.2. The molecule has 0 aromatic rings. The van der Waals surface area contributed by atoms with Crippen LogP contribution in [0.15, 0.2) is 0 Å². The first-order chi connectivity index (χ1) is 19.8. The molecular formula is C29H49Na2O12PS. The fourth-order valence-electron chi connectivity index (χ4n) is 10.6. The van der Waals surface area contributed by atoms with Gasteiger partial charge in [0, 0.05) is 13.0 Å². The van der Waals surface area contributed by atoms with Gasteiger partial charge in [0.05, 0.1) is 36.6 Å². The van der Waals surface area contributed by atoms with Gasteiger partial charge < -0.3 is 38.6 Å². The van der Waals surface area contributed by atoms with Gasteiger partial charge in [0.1, 0.15) is 6.10 Å². The smallest absolute Gasteiger partial charge is 0.756 e. The molecule has 0 amide bonds. The first kappa shape index (κ1) is 41.2. The average Bonchev–Trinajstić information content (AvgIpc) is 3.15. The van der Waals surface area contributed by atoms with Crippen LogP contribution in [0.2, 0.25) is 0 Å². The van der Waals surface area contributed by atoms with E-state index in [-0.39, 0.29) is 95.3 Å². The number of aliphatic hydroxyl groups is 3. The first-order valence-corrected chi connectivity index (χ1v) is 18.5. The minimum Gasteiger partial charge on any atom is -0.756 e. The maximum atomic E-state index is 12.9. The minimum atomic E-state index is -5.10. The van der Waals surface area contributed by atoms with Crippen molar-refractivity contribution in [2.45, 2.75) is 116 Å². The van der Waals surface area contributed by atoms with Gasteiger partial charge in [0.15, 0.2) is 0 Å².